The molecule has 1 aliphatic carbocycles. The van der Waals surface area contributed by atoms with Gasteiger partial charge >= 0.3 is 7.12 Å². The van der Waals surface area contributed by atoms with Crippen molar-refractivity contribution >= 4 is 35.0 Å². The molecule has 0 aromatic heterocycles. The Bertz CT molecular complexity index is 947. The van der Waals surface area contributed by atoms with E-state index in [1.807, 2.05) is 24.3 Å². The van der Waals surface area contributed by atoms with Crippen LogP contribution in [0.1, 0.15) is 25.0 Å². The smallest absolute Gasteiger partial charge is 0.423 e. The molecule has 3 aromatic rings. The molecule has 0 bridgehead atoms. The van der Waals surface area contributed by atoms with E-state index in [0.29, 0.717) is 5.46 Å². The minimum atomic E-state index is -1.46. The summed E-state index contributed by atoms with van der Waals surface area (Å²) < 4.78 is 0. The summed E-state index contributed by atoms with van der Waals surface area (Å²) in [5, 5.41) is 22.0. The second-order valence-electron chi connectivity index (χ2n) is 6.63. The quantitative estimate of drug-likeness (QED) is 0.673. The van der Waals surface area contributed by atoms with Crippen LogP contribution < -0.4 is 5.46 Å². The maximum Gasteiger partial charge on any atom is 0.488 e. The Hall–Kier alpha value is -1.81. The number of hydrogen-bond donors (Lipinski definition) is 2. The van der Waals surface area contributed by atoms with Gasteiger partial charge in [-0.25, -0.2) is 0 Å². The molecule has 0 radical (unpaired) electrons. The van der Waals surface area contributed by atoms with Crippen LogP contribution in [0.15, 0.2) is 48.5 Å². The number of halogens is 1. The van der Waals surface area contributed by atoms with Gasteiger partial charge in [0.1, 0.15) is 0 Å². The molecule has 2 nitrogen and oxygen atoms in total. The number of rotatable bonds is 1. The van der Waals surface area contributed by atoms with Crippen molar-refractivity contribution in [2.24, 2.45) is 0 Å². The van der Waals surface area contributed by atoms with Crippen molar-refractivity contribution in [3.63, 3.8) is 0 Å². The van der Waals surface area contributed by atoms with E-state index in [1.54, 1.807) is 6.07 Å². The van der Waals surface area contributed by atoms with Crippen molar-refractivity contribution < 1.29 is 10.0 Å². The number of hydrogen-bond acceptors (Lipinski definition) is 2. The molecule has 23 heavy (non-hydrogen) atoms. The van der Waals surface area contributed by atoms with Gasteiger partial charge in [-0.3, -0.25) is 0 Å². The molecule has 2 N–H and O–H groups in total. The van der Waals surface area contributed by atoms with E-state index >= 15 is 0 Å². The molecule has 114 valence electrons. The summed E-state index contributed by atoms with van der Waals surface area (Å²) in [5.41, 5.74) is 4.86. The third kappa shape index (κ3) is 1.97. The highest BCUT2D eigenvalue weighted by Gasteiger charge is 2.34. The van der Waals surface area contributed by atoms with Crippen LogP contribution in [0.5, 0.6) is 0 Å². The van der Waals surface area contributed by atoms with E-state index in [1.165, 1.54) is 10.9 Å². The molecule has 0 atom stereocenters. The normalized spacial score (nSPS) is 14.7. The molecule has 3 aromatic carbocycles. The highest BCUT2D eigenvalue weighted by atomic mass is 35.5. The van der Waals surface area contributed by atoms with Crippen LogP contribution in [0, 0.1) is 0 Å². The summed E-state index contributed by atoms with van der Waals surface area (Å²) in [4.78, 5) is 0. The summed E-state index contributed by atoms with van der Waals surface area (Å²) in [6, 6.07) is 15.8. The fourth-order valence-corrected chi connectivity index (χ4v) is 3.96. The van der Waals surface area contributed by atoms with Crippen molar-refractivity contribution in [1.82, 2.24) is 0 Å². The lowest BCUT2D eigenvalue weighted by molar-refractivity contribution is 0.425. The van der Waals surface area contributed by atoms with Crippen LogP contribution in [0.2, 0.25) is 5.02 Å². The standard InChI is InChI=1S/C19H16BClO2/c1-19(2)15-5-3-4-14-17(21)9-8-13(18(14)15)12-7-6-11(20(22)23)10-16(12)19/h3-10,22-23H,1-2H3. The minimum Gasteiger partial charge on any atom is -0.423 e. The fraction of sp³-hybridized carbons (Fsp3) is 0.158. The molecular weight excluding hydrogens is 306 g/mol. The lowest BCUT2D eigenvalue weighted by Gasteiger charge is -2.35. The summed E-state index contributed by atoms with van der Waals surface area (Å²) >= 11 is 6.40. The maximum atomic E-state index is 9.52. The monoisotopic (exact) mass is 322 g/mol. The first-order valence-corrected chi connectivity index (χ1v) is 8.01. The first kappa shape index (κ1) is 14.8. The summed E-state index contributed by atoms with van der Waals surface area (Å²) in [6.45, 7) is 4.33. The first-order valence-electron chi connectivity index (χ1n) is 7.64. The van der Waals surface area contributed by atoms with Gasteiger partial charge in [0.15, 0.2) is 0 Å². The molecule has 0 amide bonds. The Morgan fingerprint density at radius 3 is 2.39 bits per heavy atom. The van der Waals surface area contributed by atoms with Crippen LogP contribution in [0.3, 0.4) is 0 Å². The molecule has 0 unspecified atom stereocenters. The molecule has 0 spiro atoms. The summed E-state index contributed by atoms with van der Waals surface area (Å²) in [6.07, 6.45) is 0. The highest BCUT2D eigenvalue weighted by Crippen LogP contribution is 2.49. The lowest BCUT2D eigenvalue weighted by Crippen LogP contribution is -2.33. The molecule has 0 heterocycles. The third-order valence-electron chi connectivity index (χ3n) is 4.97. The summed E-state index contributed by atoms with van der Waals surface area (Å²) in [5.74, 6) is 0. The predicted octanol–water partition coefficient (Wildman–Crippen LogP) is 3.48. The van der Waals surface area contributed by atoms with Crippen molar-refractivity contribution in [3.8, 4) is 11.1 Å². The Labute approximate surface area is 140 Å². The largest absolute Gasteiger partial charge is 0.488 e. The SMILES string of the molecule is CC1(C)c2cc(B(O)O)ccc2-c2ccc(Cl)c3cccc1c23. The lowest BCUT2D eigenvalue weighted by atomic mass is 9.66. The molecule has 4 rings (SSSR count). The molecule has 1 aliphatic rings. The van der Waals surface area contributed by atoms with Gasteiger partial charge in [-0.15, -0.1) is 0 Å². The summed E-state index contributed by atoms with van der Waals surface area (Å²) in [7, 11) is -1.46. The van der Waals surface area contributed by atoms with Gasteiger partial charge in [0.2, 0.25) is 0 Å². The Balaban J connectivity index is 2.16. The zero-order chi connectivity index (χ0) is 16.4. The van der Waals surface area contributed by atoms with Gasteiger partial charge in [0.05, 0.1) is 0 Å². The van der Waals surface area contributed by atoms with Crippen molar-refractivity contribution in [2.45, 2.75) is 19.3 Å². The van der Waals surface area contributed by atoms with Crippen LogP contribution in [-0.4, -0.2) is 17.2 Å². The van der Waals surface area contributed by atoms with Crippen molar-refractivity contribution in [1.29, 1.82) is 0 Å². The minimum absolute atomic E-state index is 0.239. The van der Waals surface area contributed by atoms with E-state index in [2.05, 4.69) is 32.0 Å². The Kier molecular flexibility index (Phi) is 3.11. The zero-order valence-corrected chi connectivity index (χ0v) is 13.7. The number of benzene rings is 3. The molecule has 4 heteroatoms. The molecule has 0 saturated carbocycles. The fourth-order valence-electron chi connectivity index (χ4n) is 3.74. The Morgan fingerprint density at radius 2 is 1.65 bits per heavy atom. The number of fused-ring (bicyclic) bond motifs is 2. The van der Waals surface area contributed by atoms with E-state index in [0.717, 1.165) is 27.1 Å². The van der Waals surface area contributed by atoms with Gasteiger partial charge < -0.3 is 10.0 Å². The van der Waals surface area contributed by atoms with E-state index in [-0.39, 0.29) is 5.41 Å². The molecule has 0 fully saturated rings. The second kappa shape index (κ2) is 4.84. The Morgan fingerprint density at radius 1 is 0.913 bits per heavy atom. The maximum absolute atomic E-state index is 9.52. The molecular formula is C19H16BClO2. The van der Waals surface area contributed by atoms with E-state index in [4.69, 9.17) is 11.6 Å². The third-order valence-corrected chi connectivity index (χ3v) is 5.30. The predicted molar refractivity (Wildman–Crippen MR) is 96.3 cm³/mol. The van der Waals surface area contributed by atoms with Crippen LogP contribution >= 0.6 is 11.6 Å². The van der Waals surface area contributed by atoms with Crippen LogP contribution in [0.4, 0.5) is 0 Å². The molecule has 0 saturated heterocycles. The van der Waals surface area contributed by atoms with Crippen molar-refractivity contribution in [2.75, 3.05) is 0 Å². The zero-order valence-electron chi connectivity index (χ0n) is 13.0. The average molecular weight is 323 g/mol. The van der Waals surface area contributed by atoms with Crippen LogP contribution in [0.25, 0.3) is 21.9 Å². The van der Waals surface area contributed by atoms with Gasteiger partial charge in [0.25, 0.3) is 0 Å². The van der Waals surface area contributed by atoms with Gasteiger partial charge in [-0.2, -0.15) is 0 Å². The average Bonchev–Trinajstić information content (AvgIpc) is 2.53. The highest BCUT2D eigenvalue weighted by molar-refractivity contribution is 6.58. The van der Waals surface area contributed by atoms with E-state index < -0.39 is 7.12 Å². The molecule has 0 aliphatic heterocycles. The van der Waals surface area contributed by atoms with Crippen molar-refractivity contribution in [3.05, 3.63) is 64.7 Å². The van der Waals surface area contributed by atoms with Crippen LogP contribution in [-0.2, 0) is 5.41 Å². The topological polar surface area (TPSA) is 40.5 Å². The van der Waals surface area contributed by atoms with Gasteiger partial charge in [0, 0.05) is 15.8 Å². The first-order chi connectivity index (χ1) is 10.9. The second-order valence-corrected chi connectivity index (χ2v) is 7.03. The van der Waals surface area contributed by atoms with Gasteiger partial charge in [-0.05, 0) is 39.2 Å². The van der Waals surface area contributed by atoms with E-state index in [9.17, 15) is 10.0 Å². The van der Waals surface area contributed by atoms with Gasteiger partial charge in [-0.1, -0.05) is 67.9 Å².